The van der Waals surface area contributed by atoms with E-state index in [1.807, 2.05) is 0 Å². The van der Waals surface area contributed by atoms with Crippen LogP contribution in [0.5, 0.6) is 0 Å². The van der Waals surface area contributed by atoms with Crippen molar-refractivity contribution in [3.8, 4) is 0 Å². The van der Waals surface area contributed by atoms with Gasteiger partial charge in [-0.1, -0.05) is 39.0 Å². The summed E-state index contributed by atoms with van der Waals surface area (Å²) in [6.07, 6.45) is 7.47. The largest absolute Gasteiger partial charge is 0.326 e. The Morgan fingerprint density at radius 1 is 1.10 bits per heavy atom. The molecule has 20 heavy (non-hydrogen) atoms. The van der Waals surface area contributed by atoms with E-state index in [1.54, 1.807) is 12.1 Å². The maximum Gasteiger partial charge on any atom is 0.224 e. The van der Waals surface area contributed by atoms with Crippen molar-refractivity contribution in [2.24, 2.45) is 0 Å². The van der Waals surface area contributed by atoms with Gasteiger partial charge >= 0.3 is 0 Å². The predicted molar refractivity (Wildman–Crippen MR) is 82.1 cm³/mol. The van der Waals surface area contributed by atoms with Crippen LogP contribution in [0.15, 0.2) is 29.2 Å². The third-order valence-electron chi connectivity index (χ3n) is 3.10. The lowest BCUT2D eigenvalue weighted by Gasteiger charge is -2.05. The monoisotopic (exact) mass is 297 g/mol. The van der Waals surface area contributed by atoms with Gasteiger partial charge in [0.15, 0.2) is 11.1 Å². The van der Waals surface area contributed by atoms with E-state index < -0.39 is 11.1 Å². The molecule has 0 fully saturated rings. The van der Waals surface area contributed by atoms with Gasteiger partial charge in [0.05, 0.1) is 4.90 Å². The van der Waals surface area contributed by atoms with Crippen molar-refractivity contribution in [3.63, 3.8) is 0 Å². The maximum absolute atomic E-state index is 11.7. The topological polar surface area (TPSA) is 66.4 Å². The molecule has 112 valence electrons. The highest BCUT2D eigenvalue weighted by atomic mass is 32.2. The molecule has 0 heterocycles. The Morgan fingerprint density at radius 2 is 1.70 bits per heavy atom. The lowest BCUT2D eigenvalue weighted by Crippen LogP contribution is -2.11. The summed E-state index contributed by atoms with van der Waals surface area (Å²) in [6, 6.07) is 6.36. The molecule has 2 N–H and O–H groups in total. The Balaban J connectivity index is 2.23. The molecule has 1 unspecified atom stereocenters. The van der Waals surface area contributed by atoms with E-state index in [2.05, 4.69) is 12.2 Å². The van der Waals surface area contributed by atoms with Crippen LogP contribution < -0.4 is 5.32 Å². The van der Waals surface area contributed by atoms with Crippen molar-refractivity contribution < 1.29 is 13.6 Å². The van der Waals surface area contributed by atoms with E-state index in [0.717, 1.165) is 12.8 Å². The number of unbranched alkanes of at least 4 members (excludes halogenated alkanes) is 5. The Hall–Kier alpha value is -1.20. The Bertz CT molecular complexity index is 431. The average Bonchev–Trinajstić information content (AvgIpc) is 2.43. The molecule has 0 bridgehead atoms. The second-order valence-corrected chi connectivity index (χ2v) is 5.81. The lowest BCUT2D eigenvalue weighted by molar-refractivity contribution is -0.116. The van der Waals surface area contributed by atoms with Gasteiger partial charge < -0.3 is 9.87 Å². The third kappa shape index (κ3) is 6.82. The first kappa shape index (κ1) is 16.9. The van der Waals surface area contributed by atoms with Crippen LogP contribution in [0.2, 0.25) is 0 Å². The lowest BCUT2D eigenvalue weighted by atomic mass is 10.1. The predicted octanol–water partition coefficient (Wildman–Crippen LogP) is 3.96. The van der Waals surface area contributed by atoms with E-state index in [4.69, 9.17) is 4.55 Å². The minimum Gasteiger partial charge on any atom is -0.326 e. The van der Waals surface area contributed by atoms with E-state index in [1.165, 1.54) is 37.8 Å². The number of nitrogens with one attached hydrogen (secondary N) is 1. The summed E-state index contributed by atoms with van der Waals surface area (Å²) in [4.78, 5) is 12.0. The first-order chi connectivity index (χ1) is 9.63. The number of carbonyl (C=O) groups is 1. The average molecular weight is 297 g/mol. The molecule has 4 nitrogen and oxygen atoms in total. The maximum atomic E-state index is 11.7. The summed E-state index contributed by atoms with van der Waals surface area (Å²) in [5, 5.41) is 2.79. The van der Waals surface area contributed by atoms with E-state index in [9.17, 15) is 9.00 Å². The third-order valence-corrected chi connectivity index (χ3v) is 3.77. The zero-order valence-corrected chi connectivity index (χ0v) is 12.7. The molecule has 0 aromatic heterocycles. The summed E-state index contributed by atoms with van der Waals surface area (Å²) in [6.45, 7) is 2.19. The van der Waals surface area contributed by atoms with Crippen molar-refractivity contribution >= 4 is 22.7 Å². The number of hydrogen-bond acceptors (Lipinski definition) is 2. The fourth-order valence-corrected chi connectivity index (χ4v) is 2.31. The first-order valence-corrected chi connectivity index (χ1v) is 8.25. The van der Waals surface area contributed by atoms with Crippen LogP contribution in [0.25, 0.3) is 0 Å². The van der Waals surface area contributed by atoms with Crippen LogP contribution in [-0.2, 0) is 15.9 Å². The molecule has 0 saturated carbocycles. The molecule has 1 amide bonds. The summed E-state index contributed by atoms with van der Waals surface area (Å²) < 4.78 is 19.7. The van der Waals surface area contributed by atoms with E-state index in [-0.39, 0.29) is 5.91 Å². The molecule has 1 rings (SSSR count). The van der Waals surface area contributed by atoms with Crippen molar-refractivity contribution in [1.82, 2.24) is 0 Å². The van der Waals surface area contributed by atoms with Crippen molar-refractivity contribution in [1.29, 1.82) is 0 Å². The fourth-order valence-electron chi connectivity index (χ4n) is 1.94. The van der Waals surface area contributed by atoms with Crippen LogP contribution in [0.3, 0.4) is 0 Å². The van der Waals surface area contributed by atoms with Gasteiger partial charge in [0.2, 0.25) is 5.91 Å². The number of amides is 1. The fraction of sp³-hybridized carbons (Fsp3) is 0.533. The van der Waals surface area contributed by atoms with Crippen molar-refractivity contribution in [3.05, 3.63) is 24.3 Å². The SMILES string of the molecule is CCCCCCCCC(=O)Nc1ccc(S(=O)O)cc1. The molecule has 0 aliphatic rings. The van der Waals surface area contributed by atoms with Crippen molar-refractivity contribution in [2.75, 3.05) is 5.32 Å². The number of anilines is 1. The molecule has 0 aliphatic heterocycles. The minimum absolute atomic E-state index is 0.00152. The Kier molecular flexibility index (Phi) is 8.14. The van der Waals surface area contributed by atoms with Gasteiger partial charge in [0.25, 0.3) is 0 Å². The van der Waals surface area contributed by atoms with Gasteiger partial charge in [-0.15, -0.1) is 0 Å². The summed E-state index contributed by atoms with van der Waals surface area (Å²) in [5.41, 5.74) is 0.662. The van der Waals surface area contributed by atoms with Crippen LogP contribution >= 0.6 is 0 Å². The molecule has 0 aliphatic carbocycles. The number of benzene rings is 1. The van der Waals surface area contributed by atoms with Gasteiger partial charge in [-0.2, -0.15) is 0 Å². The van der Waals surface area contributed by atoms with Crippen LogP contribution in [-0.4, -0.2) is 14.7 Å². The molecule has 1 aromatic carbocycles. The van der Waals surface area contributed by atoms with Gasteiger partial charge in [-0.25, -0.2) is 4.21 Å². The normalized spacial score (nSPS) is 12.1. The van der Waals surface area contributed by atoms with Gasteiger partial charge in [-0.05, 0) is 30.7 Å². The zero-order chi connectivity index (χ0) is 14.8. The molecule has 0 spiro atoms. The highest BCUT2D eigenvalue weighted by Gasteiger charge is 2.04. The van der Waals surface area contributed by atoms with E-state index in [0.29, 0.717) is 17.0 Å². The van der Waals surface area contributed by atoms with Gasteiger partial charge in [-0.3, -0.25) is 4.79 Å². The molecule has 0 saturated heterocycles. The highest BCUT2D eigenvalue weighted by Crippen LogP contribution is 2.13. The standard InChI is InChI=1S/C15H23NO3S/c1-2-3-4-5-6-7-8-15(17)16-13-9-11-14(12-10-13)20(18)19/h9-12H,2-8H2,1H3,(H,16,17)(H,18,19). The van der Waals surface area contributed by atoms with Crippen LogP contribution in [0, 0.1) is 0 Å². The molecule has 1 aromatic rings. The van der Waals surface area contributed by atoms with Crippen LogP contribution in [0.4, 0.5) is 5.69 Å². The molecule has 5 heteroatoms. The summed E-state index contributed by atoms with van der Waals surface area (Å²) in [7, 11) is 0. The van der Waals surface area contributed by atoms with Crippen LogP contribution in [0.1, 0.15) is 51.9 Å². The first-order valence-electron chi connectivity index (χ1n) is 7.14. The second-order valence-electron chi connectivity index (χ2n) is 4.84. The molecular formula is C15H23NO3S. The van der Waals surface area contributed by atoms with Gasteiger partial charge in [0, 0.05) is 12.1 Å². The molecule has 0 radical (unpaired) electrons. The molecular weight excluding hydrogens is 274 g/mol. The number of hydrogen-bond donors (Lipinski definition) is 2. The molecule has 1 atom stereocenters. The minimum atomic E-state index is -1.97. The summed E-state index contributed by atoms with van der Waals surface area (Å²) >= 11 is -1.97. The smallest absolute Gasteiger partial charge is 0.224 e. The summed E-state index contributed by atoms with van der Waals surface area (Å²) in [5.74, 6) is -0.00152. The van der Waals surface area contributed by atoms with Crippen molar-refractivity contribution in [2.45, 2.75) is 56.8 Å². The highest BCUT2D eigenvalue weighted by molar-refractivity contribution is 7.79. The quantitative estimate of drug-likeness (QED) is 0.535. The van der Waals surface area contributed by atoms with E-state index >= 15 is 0 Å². The Labute approximate surface area is 123 Å². The van der Waals surface area contributed by atoms with Gasteiger partial charge in [0.1, 0.15) is 0 Å². The number of rotatable bonds is 9. The Morgan fingerprint density at radius 3 is 2.30 bits per heavy atom. The second kappa shape index (κ2) is 9.66. The number of carbonyl (C=O) groups excluding carboxylic acids is 1. The zero-order valence-electron chi connectivity index (χ0n) is 11.9.